The molecule has 1 fully saturated rings. The summed E-state index contributed by atoms with van der Waals surface area (Å²) in [4.78, 5) is 0. The van der Waals surface area contributed by atoms with E-state index in [1.165, 1.54) is 51.4 Å². The van der Waals surface area contributed by atoms with Crippen LogP contribution in [-0.4, -0.2) is 19.3 Å². The minimum absolute atomic E-state index is 0.429. The maximum absolute atomic E-state index is 6.22. The van der Waals surface area contributed by atoms with E-state index in [0.29, 0.717) is 12.0 Å². The Morgan fingerprint density at radius 1 is 1.06 bits per heavy atom. The third-order valence-corrected chi connectivity index (χ3v) is 4.12. The molecule has 0 aliphatic heterocycles. The molecule has 0 heterocycles. The predicted molar refractivity (Wildman–Crippen MR) is 74.1 cm³/mol. The molecular formula is C15H31NO. The minimum atomic E-state index is 0.429. The van der Waals surface area contributed by atoms with Crippen LogP contribution in [0.1, 0.15) is 65.2 Å². The fourth-order valence-corrected chi connectivity index (χ4v) is 2.97. The van der Waals surface area contributed by atoms with Crippen LogP contribution in [0, 0.1) is 11.8 Å². The highest BCUT2D eigenvalue weighted by atomic mass is 16.5. The number of hydrogen-bond acceptors (Lipinski definition) is 2. The van der Waals surface area contributed by atoms with Crippen molar-refractivity contribution in [2.45, 2.75) is 71.3 Å². The van der Waals surface area contributed by atoms with Crippen LogP contribution in [0.2, 0.25) is 0 Å². The van der Waals surface area contributed by atoms with Crippen LogP contribution in [0.4, 0.5) is 0 Å². The zero-order valence-electron chi connectivity index (χ0n) is 11.8. The summed E-state index contributed by atoms with van der Waals surface area (Å²) in [6, 6.07) is 0.429. The summed E-state index contributed by atoms with van der Waals surface area (Å²) in [5.41, 5.74) is 6.22. The molecule has 1 rings (SSSR count). The van der Waals surface area contributed by atoms with Crippen LogP contribution in [0.25, 0.3) is 0 Å². The normalized spacial score (nSPS) is 29.5. The lowest BCUT2D eigenvalue weighted by atomic mass is 9.75. The second-order valence-corrected chi connectivity index (χ2v) is 5.65. The summed E-state index contributed by atoms with van der Waals surface area (Å²) in [5.74, 6) is 1.64. The number of nitrogens with two attached hydrogens (primary N) is 1. The first-order valence-electron chi connectivity index (χ1n) is 7.61. The van der Waals surface area contributed by atoms with E-state index in [1.54, 1.807) is 0 Å². The first-order valence-corrected chi connectivity index (χ1v) is 7.61. The van der Waals surface area contributed by atoms with E-state index in [4.69, 9.17) is 10.5 Å². The fourth-order valence-electron chi connectivity index (χ4n) is 2.97. The van der Waals surface area contributed by atoms with Crippen molar-refractivity contribution < 1.29 is 4.74 Å². The Bertz CT molecular complexity index is 184. The molecule has 3 unspecified atom stereocenters. The first kappa shape index (κ1) is 15.0. The van der Waals surface area contributed by atoms with Gasteiger partial charge in [-0.1, -0.05) is 33.1 Å². The lowest BCUT2D eigenvalue weighted by Gasteiger charge is -2.34. The number of ether oxygens (including phenoxy) is 1. The standard InChI is InChI=1S/C15H31NO/c1-3-5-10-17-11-9-14-12-13(6-4-2)7-8-15(14)16/h13-15H,3-12,16H2,1-2H3. The van der Waals surface area contributed by atoms with Crippen LogP contribution >= 0.6 is 0 Å². The molecule has 1 saturated carbocycles. The molecule has 2 nitrogen and oxygen atoms in total. The summed E-state index contributed by atoms with van der Waals surface area (Å²) in [7, 11) is 0. The highest BCUT2D eigenvalue weighted by Gasteiger charge is 2.27. The third kappa shape index (κ3) is 5.87. The van der Waals surface area contributed by atoms with Crippen molar-refractivity contribution in [2.24, 2.45) is 17.6 Å². The number of hydrogen-bond donors (Lipinski definition) is 1. The Kier molecular flexibility index (Phi) is 7.87. The maximum Gasteiger partial charge on any atom is 0.0469 e. The molecule has 0 radical (unpaired) electrons. The average Bonchev–Trinajstić information content (AvgIpc) is 2.33. The molecule has 2 heteroatoms. The monoisotopic (exact) mass is 241 g/mol. The van der Waals surface area contributed by atoms with Gasteiger partial charge in [-0.3, -0.25) is 0 Å². The SMILES string of the molecule is CCCCOCCC1CC(CCC)CCC1N. The Morgan fingerprint density at radius 2 is 1.88 bits per heavy atom. The van der Waals surface area contributed by atoms with E-state index in [0.717, 1.165) is 19.1 Å². The van der Waals surface area contributed by atoms with Crippen molar-refractivity contribution in [3.63, 3.8) is 0 Å². The summed E-state index contributed by atoms with van der Waals surface area (Å²) in [6.07, 6.45) is 10.2. The Labute approximate surface area is 107 Å². The fraction of sp³-hybridized carbons (Fsp3) is 1.00. The van der Waals surface area contributed by atoms with Gasteiger partial charge in [0, 0.05) is 19.3 Å². The molecule has 0 amide bonds. The number of rotatable bonds is 8. The smallest absolute Gasteiger partial charge is 0.0469 e. The van der Waals surface area contributed by atoms with Crippen LogP contribution in [0.5, 0.6) is 0 Å². The van der Waals surface area contributed by atoms with Crippen molar-refractivity contribution in [2.75, 3.05) is 13.2 Å². The Balaban J connectivity index is 2.15. The van der Waals surface area contributed by atoms with Gasteiger partial charge in [0.15, 0.2) is 0 Å². The Hall–Kier alpha value is -0.0800. The highest BCUT2D eigenvalue weighted by molar-refractivity contribution is 4.82. The lowest BCUT2D eigenvalue weighted by Crippen LogP contribution is -2.36. The largest absolute Gasteiger partial charge is 0.381 e. The van der Waals surface area contributed by atoms with E-state index >= 15 is 0 Å². The van der Waals surface area contributed by atoms with Crippen LogP contribution in [0.15, 0.2) is 0 Å². The molecule has 1 aliphatic carbocycles. The summed E-state index contributed by atoms with van der Waals surface area (Å²) >= 11 is 0. The molecule has 0 spiro atoms. The molecule has 17 heavy (non-hydrogen) atoms. The molecule has 0 aromatic rings. The summed E-state index contributed by atoms with van der Waals surface area (Å²) in [6.45, 7) is 6.33. The molecule has 1 aliphatic rings. The highest BCUT2D eigenvalue weighted by Crippen LogP contribution is 2.33. The van der Waals surface area contributed by atoms with Crippen LogP contribution in [-0.2, 0) is 4.74 Å². The van der Waals surface area contributed by atoms with Crippen molar-refractivity contribution in [1.29, 1.82) is 0 Å². The predicted octanol–water partition coefficient (Wildman–Crippen LogP) is 3.74. The molecule has 3 atom stereocenters. The molecule has 0 aromatic carbocycles. The zero-order chi connectivity index (χ0) is 12.5. The van der Waals surface area contributed by atoms with E-state index in [2.05, 4.69) is 13.8 Å². The molecule has 0 aromatic heterocycles. The average molecular weight is 241 g/mol. The van der Waals surface area contributed by atoms with Gasteiger partial charge in [0.25, 0.3) is 0 Å². The zero-order valence-corrected chi connectivity index (χ0v) is 11.8. The van der Waals surface area contributed by atoms with Gasteiger partial charge in [-0.15, -0.1) is 0 Å². The topological polar surface area (TPSA) is 35.2 Å². The quantitative estimate of drug-likeness (QED) is 0.657. The molecular weight excluding hydrogens is 210 g/mol. The van der Waals surface area contributed by atoms with Gasteiger partial charge in [-0.05, 0) is 43.9 Å². The van der Waals surface area contributed by atoms with Gasteiger partial charge in [0.2, 0.25) is 0 Å². The van der Waals surface area contributed by atoms with Gasteiger partial charge in [0.1, 0.15) is 0 Å². The van der Waals surface area contributed by atoms with Crippen molar-refractivity contribution in [3.05, 3.63) is 0 Å². The second kappa shape index (κ2) is 8.93. The maximum atomic E-state index is 6.22. The van der Waals surface area contributed by atoms with Gasteiger partial charge < -0.3 is 10.5 Å². The minimum Gasteiger partial charge on any atom is -0.381 e. The van der Waals surface area contributed by atoms with Crippen molar-refractivity contribution in [3.8, 4) is 0 Å². The van der Waals surface area contributed by atoms with Crippen LogP contribution in [0.3, 0.4) is 0 Å². The van der Waals surface area contributed by atoms with E-state index in [9.17, 15) is 0 Å². The Morgan fingerprint density at radius 3 is 2.59 bits per heavy atom. The van der Waals surface area contributed by atoms with Gasteiger partial charge in [-0.25, -0.2) is 0 Å². The third-order valence-electron chi connectivity index (χ3n) is 4.12. The van der Waals surface area contributed by atoms with E-state index < -0.39 is 0 Å². The summed E-state index contributed by atoms with van der Waals surface area (Å²) < 4.78 is 5.66. The van der Waals surface area contributed by atoms with Crippen molar-refractivity contribution >= 4 is 0 Å². The molecule has 0 saturated heterocycles. The molecule has 2 N–H and O–H groups in total. The molecule has 102 valence electrons. The lowest BCUT2D eigenvalue weighted by molar-refractivity contribution is 0.0989. The second-order valence-electron chi connectivity index (χ2n) is 5.65. The van der Waals surface area contributed by atoms with Gasteiger partial charge in [-0.2, -0.15) is 0 Å². The van der Waals surface area contributed by atoms with Crippen LogP contribution < -0.4 is 5.73 Å². The van der Waals surface area contributed by atoms with Gasteiger partial charge >= 0.3 is 0 Å². The van der Waals surface area contributed by atoms with E-state index in [1.807, 2.05) is 0 Å². The van der Waals surface area contributed by atoms with E-state index in [-0.39, 0.29) is 0 Å². The number of unbranched alkanes of at least 4 members (excludes halogenated alkanes) is 1. The van der Waals surface area contributed by atoms with Crippen molar-refractivity contribution in [1.82, 2.24) is 0 Å². The molecule has 0 bridgehead atoms. The summed E-state index contributed by atoms with van der Waals surface area (Å²) in [5, 5.41) is 0. The van der Waals surface area contributed by atoms with Gasteiger partial charge in [0.05, 0.1) is 0 Å². The first-order chi connectivity index (χ1) is 8.27.